The van der Waals surface area contributed by atoms with Crippen LogP contribution in [0.5, 0.6) is 0 Å². The zero-order valence-electron chi connectivity index (χ0n) is 11.9. The van der Waals surface area contributed by atoms with E-state index in [2.05, 4.69) is 26.1 Å². The van der Waals surface area contributed by atoms with Gasteiger partial charge in [-0.1, -0.05) is 19.8 Å². The molecule has 0 saturated carbocycles. The van der Waals surface area contributed by atoms with E-state index in [0.29, 0.717) is 0 Å². The zero-order chi connectivity index (χ0) is 12.9. The molecule has 1 N–H and O–H groups in total. The summed E-state index contributed by atoms with van der Waals surface area (Å²) in [7, 11) is 0. The molecular formula is C14H28N2O. The van der Waals surface area contributed by atoms with Gasteiger partial charge in [0.05, 0.1) is 6.04 Å². The van der Waals surface area contributed by atoms with Gasteiger partial charge in [0.25, 0.3) is 0 Å². The van der Waals surface area contributed by atoms with Crippen molar-refractivity contribution >= 4 is 5.91 Å². The second kappa shape index (κ2) is 6.39. The minimum Gasteiger partial charge on any atom is -0.341 e. The Kier molecular flexibility index (Phi) is 5.44. The van der Waals surface area contributed by atoms with E-state index in [-0.39, 0.29) is 17.5 Å². The molecule has 17 heavy (non-hydrogen) atoms. The summed E-state index contributed by atoms with van der Waals surface area (Å²) in [5, 5.41) is 3.43. The third-order valence-corrected chi connectivity index (χ3v) is 3.78. The van der Waals surface area contributed by atoms with Crippen LogP contribution in [-0.2, 0) is 4.79 Å². The van der Waals surface area contributed by atoms with Crippen LogP contribution in [0.4, 0.5) is 0 Å². The van der Waals surface area contributed by atoms with Crippen molar-refractivity contribution in [3.05, 3.63) is 0 Å². The molecule has 3 nitrogen and oxygen atoms in total. The molecule has 100 valence electrons. The van der Waals surface area contributed by atoms with Gasteiger partial charge in [0, 0.05) is 18.6 Å². The van der Waals surface area contributed by atoms with E-state index in [9.17, 15) is 4.79 Å². The van der Waals surface area contributed by atoms with Crippen LogP contribution in [0.25, 0.3) is 0 Å². The van der Waals surface area contributed by atoms with Gasteiger partial charge in [0.15, 0.2) is 0 Å². The van der Waals surface area contributed by atoms with Crippen molar-refractivity contribution in [1.82, 2.24) is 10.2 Å². The Bertz CT molecular complexity index is 243. The molecule has 1 rings (SSSR count). The molecule has 1 unspecified atom stereocenters. The van der Waals surface area contributed by atoms with Gasteiger partial charge in [-0.05, 0) is 40.0 Å². The number of nitrogens with zero attached hydrogens (tertiary/aromatic N) is 1. The summed E-state index contributed by atoms with van der Waals surface area (Å²) in [6.45, 7) is 10.3. The third-order valence-electron chi connectivity index (χ3n) is 3.78. The van der Waals surface area contributed by atoms with E-state index in [1.807, 2.05) is 11.8 Å². The summed E-state index contributed by atoms with van der Waals surface area (Å²) in [6, 6.07) is -0.0666. The van der Waals surface area contributed by atoms with E-state index < -0.39 is 0 Å². The number of nitrogens with one attached hydrogen (secondary N) is 1. The number of amides is 1. The summed E-state index contributed by atoms with van der Waals surface area (Å²) in [5.41, 5.74) is 0.0426. The molecule has 3 heteroatoms. The Labute approximate surface area is 106 Å². The molecule has 1 saturated heterocycles. The van der Waals surface area contributed by atoms with E-state index in [1.165, 1.54) is 12.8 Å². The number of carbonyl (C=O) groups is 1. The van der Waals surface area contributed by atoms with Crippen molar-refractivity contribution in [3.8, 4) is 0 Å². The number of hydrogen-bond acceptors (Lipinski definition) is 2. The van der Waals surface area contributed by atoms with Crippen LogP contribution in [0.3, 0.4) is 0 Å². The molecular weight excluding hydrogens is 212 g/mol. The Hall–Kier alpha value is -0.570. The SMILES string of the molecule is CCC(C)(C)NC(C)C(=O)N1CCCCCC1. The molecule has 1 heterocycles. The van der Waals surface area contributed by atoms with Gasteiger partial charge < -0.3 is 10.2 Å². The second-order valence-corrected chi connectivity index (χ2v) is 5.84. The Morgan fingerprint density at radius 2 is 1.76 bits per heavy atom. The first-order chi connectivity index (χ1) is 7.96. The van der Waals surface area contributed by atoms with Crippen molar-refractivity contribution in [3.63, 3.8) is 0 Å². The topological polar surface area (TPSA) is 32.3 Å². The first kappa shape index (κ1) is 14.5. The van der Waals surface area contributed by atoms with Crippen molar-refractivity contribution in [2.24, 2.45) is 0 Å². The van der Waals surface area contributed by atoms with Crippen LogP contribution in [0.2, 0.25) is 0 Å². The van der Waals surface area contributed by atoms with Gasteiger partial charge in [-0.3, -0.25) is 4.79 Å². The average molecular weight is 240 g/mol. The molecule has 0 radical (unpaired) electrons. The van der Waals surface area contributed by atoms with Crippen LogP contribution in [0, 0.1) is 0 Å². The normalized spacial score (nSPS) is 19.9. The maximum absolute atomic E-state index is 12.3. The molecule has 1 amide bonds. The highest BCUT2D eigenvalue weighted by molar-refractivity contribution is 5.81. The molecule has 0 aromatic rings. The number of likely N-dealkylation sites (tertiary alicyclic amines) is 1. The summed E-state index contributed by atoms with van der Waals surface area (Å²) < 4.78 is 0. The van der Waals surface area contributed by atoms with Gasteiger partial charge in [-0.15, -0.1) is 0 Å². The Balaban J connectivity index is 2.50. The Morgan fingerprint density at radius 3 is 2.24 bits per heavy atom. The third kappa shape index (κ3) is 4.66. The van der Waals surface area contributed by atoms with Gasteiger partial charge in [-0.2, -0.15) is 0 Å². The van der Waals surface area contributed by atoms with E-state index >= 15 is 0 Å². The molecule has 0 spiro atoms. The van der Waals surface area contributed by atoms with Crippen LogP contribution in [0.1, 0.15) is 59.8 Å². The van der Waals surface area contributed by atoms with Crippen molar-refractivity contribution < 1.29 is 4.79 Å². The smallest absolute Gasteiger partial charge is 0.239 e. The first-order valence-electron chi connectivity index (χ1n) is 7.03. The summed E-state index contributed by atoms with van der Waals surface area (Å²) in [6.07, 6.45) is 5.90. The Morgan fingerprint density at radius 1 is 1.24 bits per heavy atom. The maximum Gasteiger partial charge on any atom is 0.239 e. The number of rotatable bonds is 4. The standard InChI is InChI=1S/C14H28N2O/c1-5-14(3,4)15-12(2)13(17)16-10-8-6-7-9-11-16/h12,15H,5-11H2,1-4H3. The predicted octanol–water partition coefficient (Wildman–Crippen LogP) is 2.56. The fourth-order valence-corrected chi connectivity index (χ4v) is 2.31. The van der Waals surface area contributed by atoms with Gasteiger partial charge in [-0.25, -0.2) is 0 Å². The number of hydrogen-bond donors (Lipinski definition) is 1. The largest absolute Gasteiger partial charge is 0.341 e. The maximum atomic E-state index is 12.3. The monoisotopic (exact) mass is 240 g/mol. The van der Waals surface area contributed by atoms with Crippen molar-refractivity contribution in [2.45, 2.75) is 71.4 Å². The van der Waals surface area contributed by atoms with Gasteiger partial charge in [0.1, 0.15) is 0 Å². The zero-order valence-corrected chi connectivity index (χ0v) is 11.9. The minimum atomic E-state index is -0.0666. The summed E-state index contributed by atoms with van der Waals surface area (Å²) >= 11 is 0. The van der Waals surface area contributed by atoms with Gasteiger partial charge in [0.2, 0.25) is 5.91 Å². The highest BCUT2D eigenvalue weighted by atomic mass is 16.2. The minimum absolute atomic E-state index is 0.0426. The number of carbonyl (C=O) groups excluding carboxylic acids is 1. The predicted molar refractivity (Wildman–Crippen MR) is 72.0 cm³/mol. The quantitative estimate of drug-likeness (QED) is 0.819. The van der Waals surface area contributed by atoms with E-state index in [0.717, 1.165) is 32.4 Å². The van der Waals surface area contributed by atoms with Gasteiger partial charge >= 0.3 is 0 Å². The molecule has 1 atom stereocenters. The molecule has 1 fully saturated rings. The lowest BCUT2D eigenvalue weighted by Gasteiger charge is -2.31. The summed E-state index contributed by atoms with van der Waals surface area (Å²) in [5.74, 6) is 0.272. The van der Waals surface area contributed by atoms with Crippen molar-refractivity contribution in [1.29, 1.82) is 0 Å². The fourth-order valence-electron chi connectivity index (χ4n) is 2.31. The second-order valence-electron chi connectivity index (χ2n) is 5.84. The van der Waals surface area contributed by atoms with Crippen LogP contribution >= 0.6 is 0 Å². The molecule has 0 aromatic carbocycles. The van der Waals surface area contributed by atoms with Crippen LogP contribution in [0.15, 0.2) is 0 Å². The van der Waals surface area contributed by atoms with E-state index in [4.69, 9.17) is 0 Å². The van der Waals surface area contributed by atoms with E-state index in [1.54, 1.807) is 0 Å². The molecule has 1 aliphatic rings. The summed E-state index contributed by atoms with van der Waals surface area (Å²) in [4.78, 5) is 14.3. The van der Waals surface area contributed by atoms with Crippen LogP contribution in [-0.4, -0.2) is 35.5 Å². The lowest BCUT2D eigenvalue weighted by atomic mass is 10.0. The highest BCUT2D eigenvalue weighted by Crippen LogP contribution is 2.13. The highest BCUT2D eigenvalue weighted by Gasteiger charge is 2.25. The molecule has 0 aliphatic carbocycles. The van der Waals surface area contributed by atoms with Crippen LogP contribution < -0.4 is 5.32 Å². The van der Waals surface area contributed by atoms with Crippen molar-refractivity contribution in [2.75, 3.05) is 13.1 Å². The fraction of sp³-hybridized carbons (Fsp3) is 0.929. The molecule has 0 aromatic heterocycles. The molecule has 1 aliphatic heterocycles. The average Bonchev–Trinajstić information content (AvgIpc) is 2.56. The molecule has 0 bridgehead atoms. The lowest BCUT2D eigenvalue weighted by Crippen LogP contribution is -2.52. The first-order valence-corrected chi connectivity index (χ1v) is 7.03. The lowest BCUT2D eigenvalue weighted by molar-refractivity contribution is -0.133.